The second-order valence-corrected chi connectivity index (χ2v) is 10.3. The van der Waals surface area contributed by atoms with Crippen LogP contribution in [0.5, 0.6) is 0 Å². The van der Waals surface area contributed by atoms with Crippen LogP contribution in [-0.2, 0) is 16.5 Å². The molecule has 31 heavy (non-hydrogen) atoms. The normalized spacial score (nSPS) is 14.1. The molecule has 0 amide bonds. The Bertz CT molecular complexity index is 1190. The zero-order valence-corrected chi connectivity index (χ0v) is 19.3. The van der Waals surface area contributed by atoms with Crippen molar-refractivity contribution in [2.45, 2.75) is 54.7 Å². The Kier molecular flexibility index (Phi) is 6.36. The lowest BCUT2D eigenvalue weighted by atomic mass is 10.0. The second kappa shape index (κ2) is 9.02. The molecule has 5 nitrogen and oxygen atoms in total. The van der Waals surface area contributed by atoms with Crippen LogP contribution >= 0.6 is 11.8 Å². The van der Waals surface area contributed by atoms with E-state index in [9.17, 15) is 13.0 Å². The molecule has 0 saturated heterocycles. The van der Waals surface area contributed by atoms with Crippen molar-refractivity contribution in [2.75, 3.05) is 4.90 Å². The van der Waals surface area contributed by atoms with Crippen LogP contribution in [0.3, 0.4) is 0 Å². The van der Waals surface area contributed by atoms with E-state index in [-0.39, 0.29) is 6.42 Å². The van der Waals surface area contributed by atoms with Crippen LogP contribution in [0.15, 0.2) is 70.6 Å². The number of hydrogen-bond acceptors (Lipinski definition) is 5. The number of anilines is 2. The highest BCUT2D eigenvalue weighted by molar-refractivity contribution is 7.99. The monoisotopic (exact) mass is 454 g/mol. The van der Waals surface area contributed by atoms with Crippen LogP contribution in [0, 0.1) is 0 Å². The van der Waals surface area contributed by atoms with Gasteiger partial charge in [0.25, 0.3) is 10.1 Å². The first-order valence-corrected chi connectivity index (χ1v) is 12.9. The minimum absolute atomic E-state index is 0.257. The van der Waals surface area contributed by atoms with E-state index in [2.05, 4.69) is 18.0 Å². The maximum atomic E-state index is 12.3. The maximum absolute atomic E-state index is 12.3. The first kappa shape index (κ1) is 21.9. The number of pyridine rings is 1. The smallest absolute Gasteiger partial charge is 0.286 e. The molecule has 1 aliphatic heterocycles. The summed E-state index contributed by atoms with van der Waals surface area (Å²) in [4.78, 5) is 8.32. The number of benzene rings is 2. The average molecular weight is 455 g/mol. The fourth-order valence-corrected chi connectivity index (χ4v) is 6.00. The Balaban J connectivity index is 1.88. The Hall–Kier alpha value is -2.35. The van der Waals surface area contributed by atoms with E-state index in [1.807, 2.05) is 48.5 Å². The Morgan fingerprint density at radius 3 is 2.55 bits per heavy atom. The fourth-order valence-electron chi connectivity index (χ4n) is 4.03. The molecule has 1 aromatic heterocycles. The van der Waals surface area contributed by atoms with Gasteiger partial charge in [-0.25, -0.2) is 0 Å². The van der Waals surface area contributed by atoms with Crippen molar-refractivity contribution in [2.24, 2.45) is 0 Å². The number of unbranched alkanes of at least 4 members (excludes halogenated alkanes) is 1. The number of rotatable bonds is 7. The highest BCUT2D eigenvalue weighted by atomic mass is 32.2. The van der Waals surface area contributed by atoms with Gasteiger partial charge in [-0.2, -0.15) is 8.42 Å². The first-order valence-electron chi connectivity index (χ1n) is 10.5. The standard InChI is InChI=1S/C24H26N2O3S2/c1-3-5-9-17-10-8-15-25-24(17)18-13-14-22-20(16-18)26(23(4-2)31(27,28)29)19-11-6-7-12-21(19)30-22/h6-8,10-16,23H,3-5,9H2,1-2H3,(H,27,28,29). The number of para-hydroxylation sites is 1. The average Bonchev–Trinajstić information content (AvgIpc) is 2.76. The van der Waals surface area contributed by atoms with Crippen molar-refractivity contribution in [1.82, 2.24) is 4.98 Å². The van der Waals surface area contributed by atoms with Crippen LogP contribution in [0.25, 0.3) is 11.3 Å². The van der Waals surface area contributed by atoms with E-state index in [0.29, 0.717) is 0 Å². The predicted octanol–water partition coefficient (Wildman–Crippen LogP) is 6.32. The molecule has 1 N–H and O–H groups in total. The fraction of sp³-hybridized carbons (Fsp3) is 0.292. The molecule has 1 unspecified atom stereocenters. The van der Waals surface area contributed by atoms with Gasteiger partial charge in [0.15, 0.2) is 5.37 Å². The minimum atomic E-state index is -4.30. The van der Waals surface area contributed by atoms with E-state index in [1.54, 1.807) is 29.8 Å². The number of aromatic nitrogens is 1. The summed E-state index contributed by atoms with van der Waals surface area (Å²) in [5, 5.41) is -1.06. The van der Waals surface area contributed by atoms with Crippen molar-refractivity contribution < 1.29 is 13.0 Å². The van der Waals surface area contributed by atoms with Crippen LogP contribution in [0.1, 0.15) is 38.7 Å². The van der Waals surface area contributed by atoms with Crippen LogP contribution in [-0.4, -0.2) is 23.3 Å². The Labute approximate surface area is 188 Å². The summed E-state index contributed by atoms with van der Waals surface area (Å²) in [6.07, 6.45) is 5.18. The molecule has 0 bridgehead atoms. The molecule has 2 aromatic carbocycles. The summed E-state index contributed by atoms with van der Waals surface area (Å²) in [6, 6.07) is 17.8. The number of hydrogen-bond donors (Lipinski definition) is 1. The molecule has 1 atom stereocenters. The van der Waals surface area contributed by atoms with Gasteiger partial charge in [-0.15, -0.1) is 0 Å². The van der Waals surface area contributed by atoms with Gasteiger partial charge in [-0.05, 0) is 55.2 Å². The maximum Gasteiger partial charge on any atom is 0.286 e. The molecular formula is C24H26N2O3S2. The number of aryl methyl sites for hydroxylation is 1. The van der Waals surface area contributed by atoms with Gasteiger partial charge < -0.3 is 4.90 Å². The first-order chi connectivity index (χ1) is 14.9. The van der Waals surface area contributed by atoms with E-state index in [1.165, 1.54) is 5.56 Å². The molecule has 7 heteroatoms. The topological polar surface area (TPSA) is 70.5 Å². The van der Waals surface area contributed by atoms with Gasteiger partial charge in [0.05, 0.1) is 17.1 Å². The van der Waals surface area contributed by atoms with Crippen molar-refractivity contribution >= 4 is 33.3 Å². The minimum Gasteiger partial charge on any atom is -0.320 e. The van der Waals surface area contributed by atoms with E-state index >= 15 is 0 Å². The molecule has 0 spiro atoms. The summed E-state index contributed by atoms with van der Waals surface area (Å²) >= 11 is 1.61. The zero-order chi connectivity index (χ0) is 22.0. The van der Waals surface area contributed by atoms with Gasteiger partial charge in [0.2, 0.25) is 0 Å². The van der Waals surface area contributed by atoms with Gasteiger partial charge in [-0.3, -0.25) is 9.54 Å². The van der Waals surface area contributed by atoms with Crippen molar-refractivity contribution in [3.8, 4) is 11.3 Å². The summed E-state index contributed by atoms with van der Waals surface area (Å²) < 4.78 is 34.6. The predicted molar refractivity (Wildman–Crippen MR) is 127 cm³/mol. The SMILES string of the molecule is CCCCc1cccnc1-c1ccc2c(c1)N(C(CC)S(=O)(=O)O)c1ccccc1S2. The molecule has 0 saturated carbocycles. The van der Waals surface area contributed by atoms with Crippen LogP contribution in [0.4, 0.5) is 11.4 Å². The quantitative estimate of drug-likeness (QED) is 0.421. The third kappa shape index (κ3) is 4.35. The Morgan fingerprint density at radius 2 is 1.81 bits per heavy atom. The van der Waals surface area contributed by atoms with Crippen LogP contribution < -0.4 is 4.90 Å². The molecule has 162 valence electrons. The molecule has 2 heterocycles. The molecule has 0 radical (unpaired) electrons. The second-order valence-electron chi connectivity index (χ2n) is 7.61. The Morgan fingerprint density at radius 1 is 1.03 bits per heavy atom. The molecule has 0 fully saturated rings. The van der Waals surface area contributed by atoms with Crippen molar-refractivity contribution in [3.05, 3.63) is 66.4 Å². The molecule has 1 aliphatic rings. The number of nitrogens with zero attached hydrogens (tertiary/aromatic N) is 2. The number of fused-ring (bicyclic) bond motifs is 2. The summed E-state index contributed by atoms with van der Waals surface area (Å²) in [7, 11) is -4.30. The lowest BCUT2D eigenvalue weighted by Crippen LogP contribution is -2.38. The van der Waals surface area contributed by atoms with Crippen molar-refractivity contribution in [1.29, 1.82) is 0 Å². The largest absolute Gasteiger partial charge is 0.320 e. The summed E-state index contributed by atoms with van der Waals surface area (Å²) in [5.74, 6) is 0. The summed E-state index contributed by atoms with van der Waals surface area (Å²) in [6.45, 7) is 3.94. The molecule has 0 aliphatic carbocycles. The third-order valence-corrected chi connectivity index (χ3v) is 7.87. The lowest BCUT2D eigenvalue weighted by molar-refractivity contribution is 0.464. The van der Waals surface area contributed by atoms with E-state index in [0.717, 1.165) is 51.7 Å². The zero-order valence-electron chi connectivity index (χ0n) is 17.7. The highest BCUT2D eigenvalue weighted by Crippen LogP contribution is 2.50. The molecule has 3 aromatic rings. The third-order valence-electron chi connectivity index (χ3n) is 5.51. The molecule has 4 rings (SSSR count). The lowest BCUT2D eigenvalue weighted by Gasteiger charge is -2.37. The van der Waals surface area contributed by atoms with Gasteiger partial charge in [0, 0.05) is 21.6 Å². The van der Waals surface area contributed by atoms with E-state index < -0.39 is 15.5 Å². The highest BCUT2D eigenvalue weighted by Gasteiger charge is 2.35. The van der Waals surface area contributed by atoms with Gasteiger partial charge >= 0.3 is 0 Å². The van der Waals surface area contributed by atoms with Crippen molar-refractivity contribution in [3.63, 3.8) is 0 Å². The van der Waals surface area contributed by atoms with Gasteiger partial charge in [-0.1, -0.05) is 56.3 Å². The van der Waals surface area contributed by atoms with Crippen LogP contribution in [0.2, 0.25) is 0 Å². The van der Waals surface area contributed by atoms with Gasteiger partial charge in [0.1, 0.15) is 0 Å². The summed E-state index contributed by atoms with van der Waals surface area (Å²) in [5.41, 5.74) is 4.61. The molecular weight excluding hydrogens is 428 g/mol. The van der Waals surface area contributed by atoms with E-state index in [4.69, 9.17) is 0 Å².